The molecule has 1 aromatic carbocycles. The van der Waals surface area contributed by atoms with E-state index < -0.39 is 0 Å². The second kappa shape index (κ2) is 5.44. The van der Waals surface area contributed by atoms with Gasteiger partial charge in [0.05, 0.1) is 5.52 Å². The van der Waals surface area contributed by atoms with Crippen LogP contribution in [0.3, 0.4) is 0 Å². The highest BCUT2D eigenvalue weighted by molar-refractivity contribution is 5.82. The number of hydrogen-bond donors (Lipinski definition) is 0. The fraction of sp³-hybridized carbons (Fsp3) is 0.550. The van der Waals surface area contributed by atoms with Crippen molar-refractivity contribution in [2.75, 3.05) is 0 Å². The van der Waals surface area contributed by atoms with Crippen molar-refractivity contribution < 1.29 is 0 Å². The lowest BCUT2D eigenvalue weighted by molar-refractivity contribution is 0.172. The second-order valence-electron chi connectivity index (χ2n) is 8.24. The molecule has 0 atom stereocenters. The van der Waals surface area contributed by atoms with Gasteiger partial charge in [0.15, 0.2) is 0 Å². The molecule has 1 nitrogen and oxygen atoms in total. The Labute approximate surface area is 129 Å². The van der Waals surface area contributed by atoms with Gasteiger partial charge in [0.25, 0.3) is 0 Å². The minimum atomic E-state index is 0.196. The Morgan fingerprint density at radius 2 is 1.52 bits per heavy atom. The third-order valence-electron chi connectivity index (χ3n) is 4.25. The van der Waals surface area contributed by atoms with Crippen LogP contribution in [0.25, 0.3) is 10.9 Å². The average Bonchev–Trinajstić information content (AvgIpc) is 2.34. The molecule has 1 heterocycles. The number of hydrogen-bond acceptors (Lipinski definition) is 1. The summed E-state index contributed by atoms with van der Waals surface area (Å²) in [6.45, 7) is 16.1. The van der Waals surface area contributed by atoms with Crippen LogP contribution in [0.4, 0.5) is 0 Å². The first-order valence-corrected chi connectivity index (χ1v) is 8.03. The van der Waals surface area contributed by atoms with E-state index in [1.807, 2.05) is 0 Å². The molecule has 1 heteroatoms. The first-order chi connectivity index (χ1) is 9.64. The number of nitrogens with zero attached hydrogens (tertiary/aromatic N) is 1. The molecular weight excluding hydrogens is 254 g/mol. The summed E-state index contributed by atoms with van der Waals surface area (Å²) < 4.78 is 0. The van der Waals surface area contributed by atoms with Gasteiger partial charge in [-0.1, -0.05) is 66.7 Å². The zero-order chi connectivity index (χ0) is 15.8. The first kappa shape index (κ1) is 16.0. The van der Waals surface area contributed by atoms with Gasteiger partial charge in [0.2, 0.25) is 0 Å². The van der Waals surface area contributed by atoms with Crippen LogP contribution in [0, 0.1) is 10.8 Å². The minimum Gasteiger partial charge on any atom is -0.252 e. The van der Waals surface area contributed by atoms with Crippen molar-refractivity contribution >= 4 is 10.9 Å². The van der Waals surface area contributed by atoms with Gasteiger partial charge >= 0.3 is 0 Å². The zero-order valence-corrected chi connectivity index (χ0v) is 14.6. The zero-order valence-electron chi connectivity index (χ0n) is 14.6. The second-order valence-corrected chi connectivity index (χ2v) is 8.24. The molecule has 0 fully saturated rings. The summed E-state index contributed by atoms with van der Waals surface area (Å²) in [4.78, 5) is 5.02. The lowest BCUT2D eigenvalue weighted by Crippen LogP contribution is -2.31. The Morgan fingerprint density at radius 3 is 2.05 bits per heavy atom. The Kier molecular flexibility index (Phi) is 4.15. The van der Waals surface area contributed by atoms with Gasteiger partial charge in [-0.25, -0.2) is 0 Å². The van der Waals surface area contributed by atoms with E-state index in [0.29, 0.717) is 5.92 Å². The summed E-state index contributed by atoms with van der Waals surface area (Å²) in [5.41, 5.74) is 4.12. The van der Waals surface area contributed by atoms with E-state index in [1.165, 1.54) is 16.6 Å². The molecule has 0 spiro atoms. The molecule has 1 aromatic heterocycles. The predicted octanol–water partition coefficient (Wildman–Crippen LogP) is 5.97. The number of pyridine rings is 1. The maximum atomic E-state index is 5.02. The van der Waals surface area contributed by atoms with E-state index in [1.54, 1.807) is 0 Å². The molecule has 0 unspecified atom stereocenters. The first-order valence-electron chi connectivity index (χ1n) is 8.03. The molecule has 0 amide bonds. The van der Waals surface area contributed by atoms with E-state index in [2.05, 4.69) is 78.8 Å². The van der Waals surface area contributed by atoms with Gasteiger partial charge in [-0.15, -0.1) is 0 Å². The normalized spacial score (nSPS) is 13.1. The molecule has 0 aliphatic carbocycles. The van der Waals surface area contributed by atoms with E-state index >= 15 is 0 Å². The third-order valence-corrected chi connectivity index (χ3v) is 4.25. The summed E-state index contributed by atoms with van der Waals surface area (Å²) in [6, 6.07) is 11.0. The van der Waals surface area contributed by atoms with Crippen LogP contribution >= 0.6 is 0 Å². The fourth-order valence-corrected chi connectivity index (χ4v) is 3.89. The number of aryl methyl sites for hydroxylation is 1. The topological polar surface area (TPSA) is 12.9 Å². The van der Waals surface area contributed by atoms with Gasteiger partial charge in [0.1, 0.15) is 0 Å². The van der Waals surface area contributed by atoms with Crippen molar-refractivity contribution in [2.45, 2.75) is 60.8 Å². The maximum Gasteiger partial charge on any atom is 0.0708 e. The summed E-state index contributed by atoms with van der Waals surface area (Å²) in [5.74, 6) is 0.430. The standard InChI is InChI=1S/C20H29N/c1-8-14-10-9-11-16-15(14)12-13-17(21-16)18(19(2,3)4)20(5,6)7/h9-13,18H,8H2,1-7H3. The Bertz CT molecular complexity index is 612. The van der Waals surface area contributed by atoms with Crippen LogP contribution in [0.1, 0.15) is 65.6 Å². The van der Waals surface area contributed by atoms with E-state index in [4.69, 9.17) is 4.98 Å². The highest BCUT2D eigenvalue weighted by Crippen LogP contribution is 2.46. The predicted molar refractivity (Wildman–Crippen MR) is 92.8 cm³/mol. The molecule has 0 bridgehead atoms. The van der Waals surface area contributed by atoms with Crippen LogP contribution in [-0.4, -0.2) is 4.98 Å². The van der Waals surface area contributed by atoms with Crippen LogP contribution in [0.15, 0.2) is 30.3 Å². The van der Waals surface area contributed by atoms with Crippen molar-refractivity contribution in [1.29, 1.82) is 0 Å². The smallest absolute Gasteiger partial charge is 0.0708 e. The highest BCUT2D eigenvalue weighted by atomic mass is 14.7. The number of benzene rings is 1. The molecule has 2 rings (SSSR count). The SMILES string of the molecule is CCc1cccc2nc(C(C(C)(C)C)C(C)(C)C)ccc12. The average molecular weight is 283 g/mol. The van der Waals surface area contributed by atoms with Crippen molar-refractivity contribution in [3.8, 4) is 0 Å². The minimum absolute atomic E-state index is 0.196. The summed E-state index contributed by atoms with van der Waals surface area (Å²) >= 11 is 0. The lowest BCUT2D eigenvalue weighted by atomic mass is 9.65. The number of fused-ring (bicyclic) bond motifs is 1. The van der Waals surface area contributed by atoms with E-state index in [9.17, 15) is 0 Å². The molecule has 21 heavy (non-hydrogen) atoms. The molecule has 0 aliphatic heterocycles. The third kappa shape index (κ3) is 3.28. The quantitative estimate of drug-likeness (QED) is 0.661. The van der Waals surface area contributed by atoms with Crippen LogP contribution in [-0.2, 0) is 6.42 Å². The summed E-state index contributed by atoms with van der Waals surface area (Å²) in [5, 5.41) is 1.30. The van der Waals surface area contributed by atoms with Gasteiger partial charge < -0.3 is 0 Å². The molecular formula is C20H29N. The maximum absolute atomic E-state index is 5.02. The van der Waals surface area contributed by atoms with Gasteiger partial charge in [-0.2, -0.15) is 0 Å². The largest absolute Gasteiger partial charge is 0.252 e. The number of rotatable bonds is 2. The molecule has 0 N–H and O–H groups in total. The Balaban J connectivity index is 2.61. The van der Waals surface area contributed by atoms with E-state index in [-0.39, 0.29) is 10.8 Å². The van der Waals surface area contributed by atoms with Crippen LogP contribution in [0.2, 0.25) is 0 Å². The van der Waals surface area contributed by atoms with Gasteiger partial charge in [-0.3, -0.25) is 4.98 Å². The summed E-state index contributed by atoms with van der Waals surface area (Å²) in [6.07, 6.45) is 1.06. The van der Waals surface area contributed by atoms with Crippen molar-refractivity contribution in [1.82, 2.24) is 4.98 Å². The monoisotopic (exact) mass is 283 g/mol. The fourth-order valence-electron chi connectivity index (χ4n) is 3.89. The highest BCUT2D eigenvalue weighted by Gasteiger charge is 2.37. The van der Waals surface area contributed by atoms with Crippen LogP contribution < -0.4 is 0 Å². The van der Waals surface area contributed by atoms with Crippen molar-refractivity contribution in [3.05, 3.63) is 41.6 Å². The molecule has 0 radical (unpaired) electrons. The molecule has 0 aliphatic rings. The molecule has 0 saturated carbocycles. The van der Waals surface area contributed by atoms with Crippen LogP contribution in [0.5, 0.6) is 0 Å². The molecule has 0 saturated heterocycles. The van der Waals surface area contributed by atoms with Gasteiger partial charge in [0, 0.05) is 17.0 Å². The van der Waals surface area contributed by atoms with E-state index in [0.717, 1.165) is 11.9 Å². The Hall–Kier alpha value is -1.37. The summed E-state index contributed by atoms with van der Waals surface area (Å²) in [7, 11) is 0. The van der Waals surface area contributed by atoms with Crippen molar-refractivity contribution in [3.63, 3.8) is 0 Å². The Morgan fingerprint density at radius 1 is 0.905 bits per heavy atom. The van der Waals surface area contributed by atoms with Gasteiger partial charge in [-0.05, 0) is 34.9 Å². The molecule has 114 valence electrons. The molecule has 2 aromatic rings. The number of aromatic nitrogens is 1. The lowest BCUT2D eigenvalue weighted by Gasteiger charge is -2.40. The van der Waals surface area contributed by atoms with Crippen molar-refractivity contribution in [2.24, 2.45) is 10.8 Å².